The molecular weight excluding hydrogens is 436 g/mol. The number of nitrogens with zero attached hydrogens (tertiary/aromatic N) is 1. The summed E-state index contributed by atoms with van der Waals surface area (Å²) in [4.78, 5) is 29.1. The van der Waals surface area contributed by atoms with Crippen molar-refractivity contribution < 1.29 is 14.3 Å². The highest BCUT2D eigenvalue weighted by Gasteiger charge is 2.41. The molecule has 0 bridgehead atoms. The van der Waals surface area contributed by atoms with E-state index in [2.05, 4.69) is 36.5 Å². The second kappa shape index (κ2) is 9.41. The Labute approximate surface area is 206 Å². The quantitative estimate of drug-likeness (QED) is 0.489. The number of anilines is 2. The molecule has 1 heterocycles. The number of carbonyl (C=O) groups excluding carboxylic acids is 2. The van der Waals surface area contributed by atoms with Crippen LogP contribution in [-0.2, 0) is 9.59 Å². The molecule has 0 saturated heterocycles. The Balaban J connectivity index is 1.69. The van der Waals surface area contributed by atoms with E-state index in [4.69, 9.17) is 4.74 Å². The van der Waals surface area contributed by atoms with Gasteiger partial charge in [0, 0.05) is 24.1 Å². The topological polar surface area (TPSA) is 58.6 Å². The van der Waals surface area contributed by atoms with Gasteiger partial charge in [0.25, 0.3) is 0 Å². The first-order valence-electron chi connectivity index (χ1n) is 12.1. The number of amides is 1. The molecule has 2 aliphatic rings. The number of hydrogen-bond acceptors (Lipinski definition) is 4. The normalized spacial score (nSPS) is 19.4. The van der Waals surface area contributed by atoms with Crippen LogP contribution in [-0.4, -0.2) is 18.8 Å². The molecule has 0 aromatic heterocycles. The first-order valence-corrected chi connectivity index (χ1v) is 12.1. The molecular formula is C30H30N2O3. The van der Waals surface area contributed by atoms with Crippen molar-refractivity contribution in [2.75, 3.05) is 17.3 Å². The van der Waals surface area contributed by atoms with Crippen molar-refractivity contribution in [3.63, 3.8) is 0 Å². The lowest BCUT2D eigenvalue weighted by molar-refractivity contribution is -0.119. The predicted octanol–water partition coefficient (Wildman–Crippen LogP) is 6.31. The molecule has 0 saturated carbocycles. The van der Waals surface area contributed by atoms with Crippen LogP contribution >= 0.6 is 0 Å². The van der Waals surface area contributed by atoms with Gasteiger partial charge < -0.3 is 10.1 Å². The van der Waals surface area contributed by atoms with Crippen LogP contribution < -0.4 is 15.0 Å². The lowest BCUT2D eigenvalue weighted by atomic mass is 9.78. The van der Waals surface area contributed by atoms with Gasteiger partial charge in [-0.15, -0.1) is 0 Å². The average molecular weight is 467 g/mol. The summed E-state index contributed by atoms with van der Waals surface area (Å²) in [7, 11) is 1.63. The second-order valence-corrected chi connectivity index (χ2v) is 9.27. The third-order valence-electron chi connectivity index (χ3n) is 7.04. The summed E-state index contributed by atoms with van der Waals surface area (Å²) in [6, 6.07) is 23.4. The summed E-state index contributed by atoms with van der Waals surface area (Å²) in [5, 5.41) is 3.57. The molecule has 1 aliphatic carbocycles. The van der Waals surface area contributed by atoms with Crippen molar-refractivity contribution in [2.24, 2.45) is 0 Å². The second-order valence-electron chi connectivity index (χ2n) is 9.27. The summed E-state index contributed by atoms with van der Waals surface area (Å²) < 4.78 is 5.36. The zero-order valence-electron chi connectivity index (χ0n) is 20.4. The highest BCUT2D eigenvalue weighted by atomic mass is 16.5. The van der Waals surface area contributed by atoms with E-state index in [-0.39, 0.29) is 17.6 Å². The maximum absolute atomic E-state index is 13.9. The molecule has 0 radical (unpaired) electrons. The van der Waals surface area contributed by atoms with E-state index in [1.807, 2.05) is 55.5 Å². The van der Waals surface area contributed by atoms with E-state index in [0.717, 1.165) is 33.9 Å². The summed E-state index contributed by atoms with van der Waals surface area (Å²) in [6.45, 7) is 3.93. The van der Waals surface area contributed by atoms with E-state index in [9.17, 15) is 9.59 Å². The van der Waals surface area contributed by atoms with E-state index >= 15 is 0 Å². The molecule has 0 spiro atoms. The third kappa shape index (κ3) is 4.23. The maximum atomic E-state index is 13.9. The number of aryl methyl sites for hydroxylation is 1. The zero-order chi connectivity index (χ0) is 24.5. The molecule has 178 valence electrons. The number of hydrogen-bond donors (Lipinski definition) is 1. The monoisotopic (exact) mass is 466 g/mol. The molecule has 1 N–H and O–H groups in total. The number of nitrogens with one attached hydrogen (secondary N) is 1. The highest BCUT2D eigenvalue weighted by molar-refractivity contribution is 6.06. The van der Waals surface area contributed by atoms with Gasteiger partial charge in [0.05, 0.1) is 24.5 Å². The van der Waals surface area contributed by atoms with Crippen molar-refractivity contribution in [3.05, 3.63) is 101 Å². The molecule has 5 rings (SSSR count). The Bertz CT molecular complexity index is 1290. The van der Waals surface area contributed by atoms with Crippen molar-refractivity contribution >= 4 is 23.1 Å². The van der Waals surface area contributed by atoms with Crippen LogP contribution in [0.2, 0.25) is 0 Å². The van der Waals surface area contributed by atoms with Gasteiger partial charge in [-0.05, 0) is 54.7 Å². The van der Waals surface area contributed by atoms with Crippen LogP contribution in [0.15, 0.2) is 84.1 Å². The van der Waals surface area contributed by atoms with E-state index in [1.165, 1.54) is 5.56 Å². The van der Waals surface area contributed by atoms with Crippen LogP contribution in [0.25, 0.3) is 0 Å². The molecule has 1 aliphatic heterocycles. The van der Waals surface area contributed by atoms with Crippen LogP contribution in [0.1, 0.15) is 54.8 Å². The van der Waals surface area contributed by atoms with E-state index < -0.39 is 6.04 Å². The number of carbonyl (C=O) groups is 2. The molecule has 0 unspecified atom stereocenters. The van der Waals surface area contributed by atoms with Gasteiger partial charge in [-0.25, -0.2) is 0 Å². The van der Waals surface area contributed by atoms with Gasteiger partial charge in [0.2, 0.25) is 5.91 Å². The maximum Gasteiger partial charge on any atom is 0.227 e. The van der Waals surface area contributed by atoms with E-state index in [1.54, 1.807) is 12.0 Å². The number of allylic oxidation sites excluding steroid dienone is 1. The third-order valence-corrected chi connectivity index (χ3v) is 7.04. The number of methoxy groups -OCH3 is 1. The Morgan fingerprint density at radius 3 is 2.34 bits per heavy atom. The van der Waals surface area contributed by atoms with Crippen molar-refractivity contribution in [2.45, 2.75) is 45.1 Å². The Morgan fingerprint density at radius 2 is 1.66 bits per heavy atom. The molecule has 5 heteroatoms. The zero-order valence-corrected chi connectivity index (χ0v) is 20.4. The summed E-state index contributed by atoms with van der Waals surface area (Å²) in [5.41, 5.74) is 6.45. The number of fused-ring (bicyclic) bond motifs is 1. The first-order chi connectivity index (χ1) is 17.0. The summed E-state index contributed by atoms with van der Waals surface area (Å²) in [5.74, 6) is 0.874. The Morgan fingerprint density at radius 1 is 0.971 bits per heavy atom. The van der Waals surface area contributed by atoms with Crippen molar-refractivity contribution in [1.29, 1.82) is 0 Å². The van der Waals surface area contributed by atoms with Crippen LogP contribution in [0.3, 0.4) is 0 Å². The fourth-order valence-corrected chi connectivity index (χ4v) is 5.21. The van der Waals surface area contributed by atoms with Crippen LogP contribution in [0.4, 0.5) is 11.4 Å². The largest absolute Gasteiger partial charge is 0.497 e. The van der Waals surface area contributed by atoms with Gasteiger partial charge >= 0.3 is 0 Å². The highest BCUT2D eigenvalue weighted by Crippen LogP contribution is 2.47. The summed E-state index contributed by atoms with van der Waals surface area (Å²) >= 11 is 0. The Kier molecular flexibility index (Phi) is 6.16. The van der Waals surface area contributed by atoms with E-state index in [0.29, 0.717) is 24.8 Å². The van der Waals surface area contributed by atoms with Crippen LogP contribution in [0.5, 0.6) is 5.75 Å². The lowest BCUT2D eigenvalue weighted by Gasteiger charge is -2.35. The van der Waals surface area contributed by atoms with Crippen molar-refractivity contribution in [3.8, 4) is 5.75 Å². The summed E-state index contributed by atoms with van der Waals surface area (Å²) in [6.07, 6.45) is 1.46. The SMILES string of the molecule is CCC(=O)N1c2ccccc2NC2=C(C(=O)C[C@@H](c3ccc(C)cc3)C2)[C@@H]1c1ccc(OC)cc1. The lowest BCUT2D eigenvalue weighted by Crippen LogP contribution is -2.38. The first kappa shape index (κ1) is 22.9. The van der Waals surface area contributed by atoms with Crippen molar-refractivity contribution in [1.82, 2.24) is 0 Å². The van der Waals surface area contributed by atoms with Gasteiger partial charge in [-0.3, -0.25) is 14.5 Å². The molecule has 35 heavy (non-hydrogen) atoms. The molecule has 1 amide bonds. The minimum absolute atomic E-state index is 0.0257. The minimum Gasteiger partial charge on any atom is -0.497 e. The molecule has 5 nitrogen and oxygen atoms in total. The fraction of sp³-hybridized carbons (Fsp3) is 0.267. The number of para-hydroxylation sites is 2. The average Bonchev–Trinajstić information content (AvgIpc) is 3.03. The van der Waals surface area contributed by atoms with Gasteiger partial charge in [-0.2, -0.15) is 0 Å². The standard InChI is InChI=1S/C30H30N2O3/c1-4-28(34)32-26-8-6-5-7-24(26)31-25-17-22(20-11-9-19(2)10-12-20)18-27(33)29(25)30(32)21-13-15-23(35-3)16-14-21/h5-16,22,30-31H,4,17-18H2,1-3H3/t22-,30-/m0/s1. The van der Waals surface area contributed by atoms with Gasteiger partial charge in [0.15, 0.2) is 5.78 Å². The minimum atomic E-state index is -0.508. The number of benzene rings is 3. The van der Waals surface area contributed by atoms with Crippen LogP contribution in [0, 0.1) is 6.92 Å². The molecule has 3 aromatic rings. The Hall–Kier alpha value is -3.86. The van der Waals surface area contributed by atoms with Gasteiger partial charge in [0.1, 0.15) is 5.75 Å². The number of ether oxygens (including phenoxy) is 1. The number of rotatable bonds is 4. The molecule has 2 atom stereocenters. The fourth-order valence-electron chi connectivity index (χ4n) is 5.21. The number of ketones is 1. The smallest absolute Gasteiger partial charge is 0.227 e. The molecule has 0 fully saturated rings. The molecule has 3 aromatic carbocycles. The number of Topliss-reactive ketones (excluding diaryl/α,β-unsaturated/α-hetero) is 1. The predicted molar refractivity (Wildman–Crippen MR) is 139 cm³/mol. The van der Waals surface area contributed by atoms with Gasteiger partial charge in [-0.1, -0.05) is 61.0 Å².